The summed E-state index contributed by atoms with van der Waals surface area (Å²) in [6, 6.07) is 0.407. The van der Waals surface area contributed by atoms with Gasteiger partial charge in [-0.3, -0.25) is 4.79 Å². The van der Waals surface area contributed by atoms with Crippen molar-refractivity contribution in [3.63, 3.8) is 0 Å². The molecule has 0 atom stereocenters. The number of rotatable bonds is 7. The van der Waals surface area contributed by atoms with Gasteiger partial charge in [0.15, 0.2) is 5.96 Å². The van der Waals surface area contributed by atoms with Gasteiger partial charge in [-0.05, 0) is 58.3 Å². The summed E-state index contributed by atoms with van der Waals surface area (Å²) in [5.41, 5.74) is 0. The van der Waals surface area contributed by atoms with Crippen molar-refractivity contribution in [1.29, 1.82) is 0 Å². The highest BCUT2D eigenvalue weighted by atomic mass is 127. The lowest BCUT2D eigenvalue weighted by atomic mass is 9.89. The molecule has 2 fully saturated rings. The summed E-state index contributed by atoms with van der Waals surface area (Å²) in [5.74, 6) is 1.55. The zero-order valence-corrected chi connectivity index (χ0v) is 20.5. The second kappa shape index (κ2) is 13.6. The van der Waals surface area contributed by atoms with Crippen LogP contribution in [0.1, 0.15) is 71.6 Å². The molecule has 2 saturated carbocycles. The van der Waals surface area contributed by atoms with Crippen molar-refractivity contribution in [2.45, 2.75) is 89.9 Å². The van der Waals surface area contributed by atoms with Gasteiger partial charge in [-0.1, -0.05) is 19.3 Å². The van der Waals surface area contributed by atoms with Gasteiger partial charge >= 0.3 is 0 Å². The van der Waals surface area contributed by atoms with Crippen molar-refractivity contribution >= 4 is 35.8 Å². The first kappa shape index (κ1) is 25.5. The van der Waals surface area contributed by atoms with Gasteiger partial charge in [0.2, 0.25) is 5.91 Å². The molecule has 6 nitrogen and oxygen atoms in total. The van der Waals surface area contributed by atoms with Crippen molar-refractivity contribution in [1.82, 2.24) is 15.5 Å². The molecular weight excluding hydrogens is 467 g/mol. The van der Waals surface area contributed by atoms with Crippen LogP contribution in [-0.4, -0.2) is 62.2 Å². The maximum atomic E-state index is 11.9. The summed E-state index contributed by atoms with van der Waals surface area (Å²) >= 11 is 0. The van der Waals surface area contributed by atoms with Gasteiger partial charge < -0.3 is 20.3 Å². The lowest BCUT2D eigenvalue weighted by Gasteiger charge is -2.31. The number of ether oxygens (including phenoxy) is 1. The maximum absolute atomic E-state index is 11.9. The number of guanidine groups is 1. The number of hydrogen-bond donors (Lipinski definition) is 2. The number of nitrogens with zero attached hydrogens (tertiary/aromatic N) is 2. The van der Waals surface area contributed by atoms with Crippen molar-refractivity contribution in [3.05, 3.63) is 0 Å². The van der Waals surface area contributed by atoms with Crippen molar-refractivity contribution < 1.29 is 9.53 Å². The van der Waals surface area contributed by atoms with Gasteiger partial charge in [0.25, 0.3) is 0 Å². The molecule has 1 amide bonds. The van der Waals surface area contributed by atoms with Crippen LogP contribution in [0.2, 0.25) is 0 Å². The zero-order valence-electron chi connectivity index (χ0n) is 18.2. The molecule has 28 heavy (non-hydrogen) atoms. The second-order valence-corrected chi connectivity index (χ2v) is 8.64. The number of amides is 1. The first-order valence-corrected chi connectivity index (χ1v) is 10.8. The van der Waals surface area contributed by atoms with Crippen LogP contribution in [0.25, 0.3) is 0 Å². The topological polar surface area (TPSA) is 66.0 Å². The largest absolute Gasteiger partial charge is 0.376 e. The molecule has 164 valence electrons. The SMILES string of the molecule is CC(C)OC1CCC(NC(=NCC(=O)N(C)C)NCC2CCCCC2)CC1.I. The number of hydrogen-bond acceptors (Lipinski definition) is 3. The van der Waals surface area contributed by atoms with Gasteiger partial charge in [0.1, 0.15) is 6.54 Å². The molecular formula is C21H41IN4O2. The number of carbonyl (C=O) groups is 1. The van der Waals surface area contributed by atoms with Crippen LogP contribution in [0, 0.1) is 5.92 Å². The van der Waals surface area contributed by atoms with E-state index >= 15 is 0 Å². The van der Waals surface area contributed by atoms with Gasteiger partial charge in [0, 0.05) is 26.7 Å². The molecule has 0 aromatic heterocycles. The van der Waals surface area contributed by atoms with Crippen molar-refractivity contribution in [2.75, 3.05) is 27.2 Å². The van der Waals surface area contributed by atoms with Crippen LogP contribution in [0.5, 0.6) is 0 Å². The molecule has 0 spiro atoms. The fourth-order valence-electron chi connectivity index (χ4n) is 3.99. The molecule has 0 bridgehead atoms. The molecule has 2 rings (SSSR count). The normalized spacial score (nSPS) is 23.8. The molecule has 0 unspecified atom stereocenters. The number of carbonyl (C=O) groups excluding carboxylic acids is 1. The maximum Gasteiger partial charge on any atom is 0.243 e. The highest BCUT2D eigenvalue weighted by Crippen LogP contribution is 2.23. The zero-order chi connectivity index (χ0) is 19.6. The minimum Gasteiger partial charge on any atom is -0.376 e. The van der Waals surface area contributed by atoms with Crippen molar-refractivity contribution in [2.24, 2.45) is 10.9 Å². The summed E-state index contributed by atoms with van der Waals surface area (Å²) in [4.78, 5) is 18.1. The molecule has 2 N–H and O–H groups in total. The summed E-state index contributed by atoms with van der Waals surface area (Å²) in [6.07, 6.45) is 11.7. The van der Waals surface area contributed by atoms with Crippen LogP contribution in [0.3, 0.4) is 0 Å². The van der Waals surface area contributed by atoms with Gasteiger partial charge in [0.05, 0.1) is 12.2 Å². The van der Waals surface area contributed by atoms with Gasteiger partial charge in [-0.25, -0.2) is 4.99 Å². The van der Waals surface area contributed by atoms with Crippen LogP contribution < -0.4 is 10.6 Å². The van der Waals surface area contributed by atoms with E-state index in [1.807, 2.05) is 0 Å². The Kier molecular flexibility index (Phi) is 12.4. The third-order valence-corrected chi connectivity index (χ3v) is 5.63. The average Bonchev–Trinajstić information content (AvgIpc) is 2.65. The molecule has 0 aromatic rings. The third-order valence-electron chi connectivity index (χ3n) is 5.63. The highest BCUT2D eigenvalue weighted by molar-refractivity contribution is 14.0. The summed E-state index contributed by atoms with van der Waals surface area (Å²) in [6.45, 7) is 5.35. The number of likely N-dealkylation sites (N-methyl/N-ethyl adjacent to an activating group) is 1. The lowest BCUT2D eigenvalue weighted by molar-refractivity contribution is -0.127. The molecule has 0 radical (unpaired) electrons. The summed E-state index contributed by atoms with van der Waals surface area (Å²) in [5, 5.41) is 7.09. The minimum atomic E-state index is 0. The lowest BCUT2D eigenvalue weighted by Crippen LogP contribution is -2.47. The number of nitrogens with one attached hydrogen (secondary N) is 2. The third kappa shape index (κ3) is 9.76. The summed E-state index contributed by atoms with van der Waals surface area (Å²) in [7, 11) is 3.55. The quantitative estimate of drug-likeness (QED) is 0.314. The fourth-order valence-corrected chi connectivity index (χ4v) is 3.99. The minimum absolute atomic E-state index is 0. The smallest absolute Gasteiger partial charge is 0.243 e. The Morgan fingerprint density at radius 2 is 1.71 bits per heavy atom. The molecule has 0 saturated heterocycles. The van der Waals surface area contributed by atoms with Crippen LogP contribution >= 0.6 is 24.0 Å². The Bertz CT molecular complexity index is 471. The second-order valence-electron chi connectivity index (χ2n) is 8.64. The van der Waals surface area contributed by atoms with Crippen LogP contribution in [0.15, 0.2) is 4.99 Å². The predicted octanol–water partition coefficient (Wildman–Crippen LogP) is 3.54. The Labute approximate surface area is 188 Å². The van der Waals surface area contributed by atoms with E-state index in [1.54, 1.807) is 19.0 Å². The number of aliphatic imine (C=N–C) groups is 1. The molecule has 0 aliphatic heterocycles. The van der Waals surface area contributed by atoms with E-state index in [9.17, 15) is 4.79 Å². The molecule has 0 heterocycles. The first-order chi connectivity index (χ1) is 12.9. The monoisotopic (exact) mass is 508 g/mol. The fraction of sp³-hybridized carbons (Fsp3) is 0.905. The molecule has 2 aliphatic carbocycles. The molecule has 2 aliphatic rings. The summed E-state index contributed by atoms with van der Waals surface area (Å²) < 4.78 is 5.95. The standard InChI is InChI=1S/C21H40N4O2.HI/c1-16(2)27-19-12-10-18(11-13-19)24-21(23-15-20(26)25(3)4)22-14-17-8-6-5-7-9-17;/h16-19H,5-15H2,1-4H3,(H2,22,23,24);1H. The van der Waals surface area contributed by atoms with E-state index < -0.39 is 0 Å². The Balaban J connectivity index is 0.00000392. The predicted molar refractivity (Wildman–Crippen MR) is 126 cm³/mol. The van der Waals surface area contributed by atoms with Crippen LogP contribution in [0.4, 0.5) is 0 Å². The Hall–Kier alpha value is -0.570. The molecule has 7 heteroatoms. The first-order valence-electron chi connectivity index (χ1n) is 10.8. The van der Waals surface area contributed by atoms with E-state index in [-0.39, 0.29) is 36.4 Å². The van der Waals surface area contributed by atoms with E-state index in [0.29, 0.717) is 18.2 Å². The Morgan fingerprint density at radius 1 is 1.07 bits per heavy atom. The van der Waals surface area contributed by atoms with E-state index in [4.69, 9.17) is 4.74 Å². The van der Waals surface area contributed by atoms with Gasteiger partial charge in [-0.15, -0.1) is 24.0 Å². The van der Waals surface area contributed by atoms with Gasteiger partial charge in [-0.2, -0.15) is 0 Å². The average molecular weight is 508 g/mol. The van der Waals surface area contributed by atoms with E-state index in [2.05, 4.69) is 29.5 Å². The van der Waals surface area contributed by atoms with E-state index in [1.165, 1.54) is 32.1 Å². The molecule has 0 aromatic carbocycles. The van der Waals surface area contributed by atoms with Crippen LogP contribution in [-0.2, 0) is 9.53 Å². The highest BCUT2D eigenvalue weighted by Gasteiger charge is 2.23. The number of halogens is 1. The van der Waals surface area contributed by atoms with Crippen molar-refractivity contribution in [3.8, 4) is 0 Å². The Morgan fingerprint density at radius 3 is 2.29 bits per heavy atom. The van der Waals surface area contributed by atoms with E-state index in [0.717, 1.165) is 44.1 Å².